The second-order valence-electron chi connectivity index (χ2n) is 5.31. The van der Waals surface area contributed by atoms with Crippen molar-refractivity contribution in [2.24, 2.45) is 5.73 Å². The molecule has 3 N–H and O–H groups in total. The first-order valence-electron chi connectivity index (χ1n) is 7.13. The average Bonchev–Trinajstić information content (AvgIpc) is 2.35. The van der Waals surface area contributed by atoms with Gasteiger partial charge in [-0.05, 0) is 38.8 Å². The Morgan fingerprint density at radius 3 is 2.17 bits per heavy atom. The summed E-state index contributed by atoms with van der Waals surface area (Å²) in [5.41, 5.74) is 7.22. The molecule has 0 aromatic heterocycles. The van der Waals surface area contributed by atoms with Crippen molar-refractivity contribution < 1.29 is 22.7 Å². The predicted octanol–water partition coefficient (Wildman–Crippen LogP) is 0.697. The van der Waals surface area contributed by atoms with Crippen LogP contribution in [0.1, 0.15) is 30.0 Å². The quantitative estimate of drug-likeness (QED) is 0.708. The van der Waals surface area contributed by atoms with E-state index in [2.05, 4.69) is 4.72 Å². The molecule has 0 aliphatic rings. The molecule has 1 aromatic rings. The SMILES string of the molecule is CCOC(=O)CC(NS(=O)(=O)c1c(C)cc(C)cc1C)C(N)=O. The lowest BCUT2D eigenvalue weighted by atomic mass is 10.1. The molecule has 0 radical (unpaired) electrons. The third-order valence-electron chi connectivity index (χ3n) is 3.19. The van der Waals surface area contributed by atoms with E-state index < -0.39 is 34.4 Å². The van der Waals surface area contributed by atoms with E-state index in [0.29, 0.717) is 11.1 Å². The number of primary amides is 1. The van der Waals surface area contributed by atoms with Crippen LogP contribution in [0.15, 0.2) is 17.0 Å². The molecule has 1 amide bonds. The molecule has 1 unspecified atom stereocenters. The minimum absolute atomic E-state index is 0.0817. The van der Waals surface area contributed by atoms with Gasteiger partial charge in [-0.1, -0.05) is 17.7 Å². The maximum absolute atomic E-state index is 12.6. The molecule has 128 valence electrons. The van der Waals surface area contributed by atoms with Gasteiger partial charge in [-0.2, -0.15) is 4.72 Å². The van der Waals surface area contributed by atoms with Gasteiger partial charge < -0.3 is 10.5 Å². The summed E-state index contributed by atoms with van der Waals surface area (Å²) >= 11 is 0. The number of esters is 1. The molecule has 7 nitrogen and oxygen atoms in total. The van der Waals surface area contributed by atoms with Gasteiger partial charge >= 0.3 is 5.97 Å². The lowest BCUT2D eigenvalue weighted by Gasteiger charge is -2.17. The van der Waals surface area contributed by atoms with Crippen LogP contribution in [-0.4, -0.2) is 32.9 Å². The van der Waals surface area contributed by atoms with Gasteiger partial charge in [-0.25, -0.2) is 8.42 Å². The van der Waals surface area contributed by atoms with Crippen molar-refractivity contribution in [3.63, 3.8) is 0 Å². The molecule has 0 bridgehead atoms. The number of amides is 1. The van der Waals surface area contributed by atoms with Crippen molar-refractivity contribution in [2.45, 2.75) is 45.1 Å². The van der Waals surface area contributed by atoms with Crippen LogP contribution in [0.4, 0.5) is 0 Å². The fraction of sp³-hybridized carbons (Fsp3) is 0.467. The van der Waals surface area contributed by atoms with Gasteiger partial charge in [0.2, 0.25) is 15.9 Å². The first-order valence-corrected chi connectivity index (χ1v) is 8.62. The number of hydrogen-bond donors (Lipinski definition) is 2. The number of nitrogens with one attached hydrogen (secondary N) is 1. The number of carbonyl (C=O) groups is 2. The zero-order valence-corrected chi connectivity index (χ0v) is 14.5. The predicted molar refractivity (Wildman–Crippen MR) is 85.2 cm³/mol. The number of sulfonamides is 1. The molecule has 0 heterocycles. The number of ether oxygens (including phenoxy) is 1. The zero-order valence-electron chi connectivity index (χ0n) is 13.7. The van der Waals surface area contributed by atoms with Crippen molar-refractivity contribution in [3.8, 4) is 0 Å². The molecule has 0 saturated heterocycles. The van der Waals surface area contributed by atoms with Crippen LogP contribution in [0.3, 0.4) is 0 Å². The van der Waals surface area contributed by atoms with E-state index in [1.165, 1.54) is 0 Å². The Bertz CT molecular complexity index is 690. The van der Waals surface area contributed by atoms with Crippen LogP contribution in [0, 0.1) is 20.8 Å². The van der Waals surface area contributed by atoms with Crippen LogP contribution in [-0.2, 0) is 24.3 Å². The summed E-state index contributed by atoms with van der Waals surface area (Å²) in [5.74, 6) is -1.64. The van der Waals surface area contributed by atoms with Crippen molar-refractivity contribution in [1.29, 1.82) is 0 Å². The highest BCUT2D eigenvalue weighted by atomic mass is 32.2. The van der Waals surface area contributed by atoms with E-state index in [0.717, 1.165) is 5.56 Å². The third kappa shape index (κ3) is 5.04. The Morgan fingerprint density at radius 2 is 1.74 bits per heavy atom. The highest BCUT2D eigenvalue weighted by molar-refractivity contribution is 7.89. The fourth-order valence-electron chi connectivity index (χ4n) is 2.42. The number of carbonyl (C=O) groups excluding carboxylic acids is 2. The molecule has 0 spiro atoms. The summed E-state index contributed by atoms with van der Waals surface area (Å²) in [6.07, 6.45) is -0.452. The van der Waals surface area contributed by atoms with Gasteiger partial charge in [0.1, 0.15) is 6.04 Å². The Balaban J connectivity index is 3.13. The van der Waals surface area contributed by atoms with E-state index in [1.807, 2.05) is 6.92 Å². The molecule has 1 rings (SSSR count). The monoisotopic (exact) mass is 342 g/mol. The maximum Gasteiger partial charge on any atom is 0.307 e. The summed E-state index contributed by atoms with van der Waals surface area (Å²) in [6, 6.07) is 2.09. The third-order valence-corrected chi connectivity index (χ3v) is 4.97. The lowest BCUT2D eigenvalue weighted by molar-refractivity contribution is -0.144. The average molecular weight is 342 g/mol. The first kappa shape index (κ1) is 19.1. The Kier molecular flexibility index (Phi) is 6.28. The molecule has 1 atom stereocenters. The summed E-state index contributed by atoms with van der Waals surface area (Å²) in [6.45, 7) is 6.93. The number of nitrogens with two attached hydrogens (primary N) is 1. The van der Waals surface area contributed by atoms with Gasteiger partial charge in [0, 0.05) is 0 Å². The second-order valence-corrected chi connectivity index (χ2v) is 6.96. The summed E-state index contributed by atoms with van der Waals surface area (Å²) in [5, 5.41) is 0. The van der Waals surface area contributed by atoms with E-state index in [-0.39, 0.29) is 11.5 Å². The fourth-order valence-corrected chi connectivity index (χ4v) is 4.08. The largest absolute Gasteiger partial charge is 0.466 e. The summed E-state index contributed by atoms with van der Waals surface area (Å²) in [4.78, 5) is 23.0. The lowest BCUT2D eigenvalue weighted by Crippen LogP contribution is -2.46. The number of hydrogen-bond acceptors (Lipinski definition) is 5. The van der Waals surface area contributed by atoms with E-state index in [9.17, 15) is 18.0 Å². The highest BCUT2D eigenvalue weighted by Gasteiger charge is 2.28. The maximum atomic E-state index is 12.6. The molecule has 8 heteroatoms. The van der Waals surface area contributed by atoms with Crippen molar-refractivity contribution >= 4 is 21.9 Å². The standard InChI is InChI=1S/C15H22N2O5S/c1-5-22-13(18)8-12(15(16)19)17-23(20,21)14-10(3)6-9(2)7-11(14)4/h6-7,12,17H,5,8H2,1-4H3,(H2,16,19). The molecule has 0 aliphatic carbocycles. The van der Waals surface area contributed by atoms with E-state index in [4.69, 9.17) is 10.5 Å². The van der Waals surface area contributed by atoms with Crippen molar-refractivity contribution in [2.75, 3.05) is 6.61 Å². The van der Waals surface area contributed by atoms with Gasteiger partial charge in [-0.3, -0.25) is 9.59 Å². The highest BCUT2D eigenvalue weighted by Crippen LogP contribution is 2.22. The van der Waals surface area contributed by atoms with E-state index in [1.54, 1.807) is 32.9 Å². The van der Waals surface area contributed by atoms with Gasteiger partial charge in [0.15, 0.2) is 0 Å². The minimum atomic E-state index is -4.00. The Labute approximate surface area is 136 Å². The number of benzene rings is 1. The van der Waals surface area contributed by atoms with Crippen LogP contribution in [0.5, 0.6) is 0 Å². The Hall–Kier alpha value is -1.93. The number of aryl methyl sites for hydroxylation is 3. The topological polar surface area (TPSA) is 116 Å². The van der Waals surface area contributed by atoms with Crippen LogP contribution in [0.2, 0.25) is 0 Å². The molecular weight excluding hydrogens is 320 g/mol. The van der Waals surface area contributed by atoms with Crippen molar-refractivity contribution in [1.82, 2.24) is 4.72 Å². The van der Waals surface area contributed by atoms with Crippen molar-refractivity contribution in [3.05, 3.63) is 28.8 Å². The van der Waals surface area contributed by atoms with E-state index >= 15 is 0 Å². The molecule has 0 fully saturated rings. The van der Waals surface area contributed by atoms with Crippen LogP contribution < -0.4 is 10.5 Å². The number of rotatable bonds is 7. The molecule has 0 aliphatic heterocycles. The Morgan fingerprint density at radius 1 is 1.22 bits per heavy atom. The van der Waals surface area contributed by atoms with Crippen LogP contribution in [0.25, 0.3) is 0 Å². The zero-order chi connectivity index (χ0) is 17.8. The molecule has 0 saturated carbocycles. The van der Waals surface area contributed by atoms with Gasteiger partial charge in [-0.15, -0.1) is 0 Å². The summed E-state index contributed by atoms with van der Waals surface area (Å²) < 4.78 is 32.1. The molecule has 23 heavy (non-hydrogen) atoms. The van der Waals surface area contributed by atoms with Gasteiger partial charge in [0.25, 0.3) is 0 Å². The second kappa shape index (κ2) is 7.56. The minimum Gasteiger partial charge on any atom is -0.466 e. The van der Waals surface area contributed by atoms with Crippen LogP contribution >= 0.6 is 0 Å². The summed E-state index contributed by atoms with van der Waals surface area (Å²) in [7, 11) is -4.00. The normalized spacial score (nSPS) is 12.7. The molecule has 1 aromatic carbocycles. The smallest absolute Gasteiger partial charge is 0.307 e. The first-order chi connectivity index (χ1) is 10.6. The molecular formula is C15H22N2O5S. The van der Waals surface area contributed by atoms with Gasteiger partial charge in [0.05, 0.1) is 17.9 Å².